The normalized spacial score (nSPS) is 14.4. The molecule has 0 bridgehead atoms. The van der Waals surface area contributed by atoms with Crippen LogP contribution >= 0.6 is 0 Å². The molecule has 0 spiro atoms. The summed E-state index contributed by atoms with van der Waals surface area (Å²) in [7, 11) is 0. The monoisotopic (exact) mass is 517 g/mol. The maximum Gasteiger partial charge on any atom is 0.273 e. The number of nitro benzene ring substituents is 1. The number of carbonyl (C=O) groups is 2. The molecule has 0 saturated heterocycles. The minimum absolute atomic E-state index is 0.0486. The summed E-state index contributed by atoms with van der Waals surface area (Å²) in [5.41, 5.74) is 1.68. The van der Waals surface area contributed by atoms with Crippen LogP contribution in [0.15, 0.2) is 78.9 Å². The Morgan fingerprint density at radius 2 is 1.58 bits per heavy atom. The number of nitrogens with one attached hydrogen (secondary N) is 1. The lowest BCUT2D eigenvalue weighted by atomic mass is 9.94. The molecule has 7 nitrogen and oxygen atoms in total. The molecule has 38 heavy (non-hydrogen) atoms. The van der Waals surface area contributed by atoms with E-state index in [0.29, 0.717) is 5.56 Å². The van der Waals surface area contributed by atoms with Gasteiger partial charge in [-0.2, -0.15) is 0 Å². The van der Waals surface area contributed by atoms with Crippen LogP contribution in [0.3, 0.4) is 0 Å². The van der Waals surface area contributed by atoms with Crippen LogP contribution in [0.25, 0.3) is 0 Å². The average Bonchev–Trinajstić information content (AvgIpc) is 2.93. The highest BCUT2D eigenvalue weighted by atomic mass is 19.1. The zero-order chi connectivity index (χ0) is 26.9. The lowest BCUT2D eigenvalue weighted by molar-refractivity contribution is -0.385. The molecule has 0 radical (unpaired) electrons. The fraction of sp³-hybridized carbons (Fsp3) is 0.333. The number of para-hydroxylation sites is 1. The molecule has 198 valence electrons. The number of hydrogen-bond acceptors (Lipinski definition) is 4. The van der Waals surface area contributed by atoms with Gasteiger partial charge in [0.2, 0.25) is 11.8 Å². The Labute approximate surface area is 221 Å². The zero-order valence-corrected chi connectivity index (χ0v) is 21.2. The van der Waals surface area contributed by atoms with Crippen molar-refractivity contribution in [2.45, 2.75) is 63.6 Å². The lowest BCUT2D eigenvalue weighted by Gasteiger charge is -2.33. The van der Waals surface area contributed by atoms with E-state index in [-0.39, 0.29) is 42.6 Å². The SMILES string of the molecule is O=C(NC1CCCCC1)[C@@H](Cc1ccccc1)N(Cc1ccc(F)cc1)C(=O)Cc1ccccc1[N+](=O)[O-]. The second kappa shape index (κ2) is 12.9. The number of nitrogens with zero attached hydrogens (tertiary/aromatic N) is 2. The highest BCUT2D eigenvalue weighted by Crippen LogP contribution is 2.23. The lowest BCUT2D eigenvalue weighted by Crippen LogP contribution is -2.53. The van der Waals surface area contributed by atoms with E-state index in [4.69, 9.17) is 0 Å². The van der Waals surface area contributed by atoms with E-state index in [1.54, 1.807) is 30.3 Å². The first-order valence-corrected chi connectivity index (χ1v) is 13.0. The Hall–Kier alpha value is -4.07. The van der Waals surface area contributed by atoms with Gasteiger partial charge in [-0.3, -0.25) is 19.7 Å². The third-order valence-electron chi connectivity index (χ3n) is 7.02. The maximum absolute atomic E-state index is 13.8. The molecule has 0 heterocycles. The van der Waals surface area contributed by atoms with E-state index in [1.165, 1.54) is 23.1 Å². The third-order valence-corrected chi connectivity index (χ3v) is 7.02. The summed E-state index contributed by atoms with van der Waals surface area (Å²) in [5.74, 6) is -1.07. The molecule has 4 rings (SSSR count). The average molecular weight is 518 g/mol. The molecular weight excluding hydrogens is 485 g/mol. The van der Waals surface area contributed by atoms with Gasteiger partial charge in [-0.05, 0) is 36.1 Å². The minimum Gasteiger partial charge on any atom is -0.352 e. The Kier molecular flexibility index (Phi) is 9.19. The largest absolute Gasteiger partial charge is 0.352 e. The van der Waals surface area contributed by atoms with Gasteiger partial charge < -0.3 is 10.2 Å². The second-order valence-electron chi connectivity index (χ2n) is 9.76. The molecule has 1 N–H and O–H groups in total. The van der Waals surface area contributed by atoms with E-state index in [9.17, 15) is 24.1 Å². The van der Waals surface area contributed by atoms with Gasteiger partial charge >= 0.3 is 0 Å². The van der Waals surface area contributed by atoms with Gasteiger partial charge in [0.25, 0.3) is 5.69 Å². The van der Waals surface area contributed by atoms with E-state index >= 15 is 0 Å². The summed E-state index contributed by atoms with van der Waals surface area (Å²) in [5, 5.41) is 14.7. The van der Waals surface area contributed by atoms with Crippen molar-refractivity contribution in [1.29, 1.82) is 0 Å². The molecule has 8 heteroatoms. The van der Waals surface area contributed by atoms with Gasteiger partial charge in [0.15, 0.2) is 0 Å². The number of hydrogen-bond donors (Lipinski definition) is 1. The highest BCUT2D eigenvalue weighted by Gasteiger charge is 2.32. The van der Waals surface area contributed by atoms with Gasteiger partial charge in [-0.1, -0.05) is 79.9 Å². The molecule has 0 aromatic heterocycles. The summed E-state index contributed by atoms with van der Waals surface area (Å²) in [6.45, 7) is 0.0648. The van der Waals surface area contributed by atoms with Crippen molar-refractivity contribution in [3.05, 3.63) is 111 Å². The van der Waals surface area contributed by atoms with E-state index in [1.807, 2.05) is 30.3 Å². The molecule has 0 unspecified atom stereocenters. The quantitative estimate of drug-likeness (QED) is 0.289. The van der Waals surface area contributed by atoms with Crippen molar-refractivity contribution in [2.75, 3.05) is 0 Å². The van der Waals surface area contributed by atoms with Gasteiger partial charge in [0.1, 0.15) is 11.9 Å². The van der Waals surface area contributed by atoms with Crippen molar-refractivity contribution < 1.29 is 18.9 Å². The van der Waals surface area contributed by atoms with Gasteiger partial charge in [0, 0.05) is 30.6 Å². The standard InChI is InChI=1S/C30H32FN3O4/c31-25-17-15-23(16-18-25)21-33(29(35)20-24-11-7-8-14-27(24)34(37)38)28(19-22-9-3-1-4-10-22)30(36)32-26-12-5-2-6-13-26/h1,3-4,7-11,14-18,26,28H,2,5-6,12-13,19-21H2,(H,32,36)/t28-/m1/s1. The Morgan fingerprint density at radius 1 is 0.921 bits per heavy atom. The van der Waals surface area contributed by atoms with Gasteiger partial charge in [-0.15, -0.1) is 0 Å². The highest BCUT2D eigenvalue weighted by molar-refractivity contribution is 5.89. The second-order valence-corrected chi connectivity index (χ2v) is 9.76. The predicted octanol–water partition coefficient (Wildman–Crippen LogP) is 5.37. The topological polar surface area (TPSA) is 92.6 Å². The van der Waals surface area contributed by atoms with Crippen molar-refractivity contribution >= 4 is 17.5 Å². The molecule has 1 aliphatic carbocycles. The molecule has 1 atom stereocenters. The fourth-order valence-corrected chi connectivity index (χ4v) is 4.99. The molecule has 2 amide bonds. The first kappa shape index (κ1) is 27.0. The number of halogens is 1. The smallest absolute Gasteiger partial charge is 0.273 e. The van der Waals surface area contributed by atoms with Crippen molar-refractivity contribution in [2.24, 2.45) is 0 Å². The van der Waals surface area contributed by atoms with Crippen LogP contribution in [0.4, 0.5) is 10.1 Å². The Bertz CT molecular complexity index is 1240. The summed E-state index contributed by atoms with van der Waals surface area (Å²) in [4.78, 5) is 40.1. The van der Waals surface area contributed by atoms with Crippen molar-refractivity contribution in [3.63, 3.8) is 0 Å². The maximum atomic E-state index is 13.8. The molecule has 3 aromatic carbocycles. The van der Waals surface area contributed by atoms with Crippen LogP contribution < -0.4 is 5.32 Å². The number of carbonyl (C=O) groups excluding carboxylic acids is 2. The number of amides is 2. The summed E-state index contributed by atoms with van der Waals surface area (Å²) in [6, 6.07) is 20.6. The molecule has 1 fully saturated rings. The summed E-state index contributed by atoms with van der Waals surface area (Å²) >= 11 is 0. The summed E-state index contributed by atoms with van der Waals surface area (Å²) < 4.78 is 13.6. The van der Waals surface area contributed by atoms with E-state index < -0.39 is 22.7 Å². The fourth-order valence-electron chi connectivity index (χ4n) is 4.99. The summed E-state index contributed by atoms with van der Waals surface area (Å²) in [6.07, 6.45) is 5.07. The molecule has 3 aromatic rings. The Morgan fingerprint density at radius 3 is 2.26 bits per heavy atom. The molecular formula is C30H32FN3O4. The Balaban J connectivity index is 1.68. The van der Waals surface area contributed by atoms with Crippen LogP contribution in [0.2, 0.25) is 0 Å². The van der Waals surface area contributed by atoms with Crippen LogP contribution in [0.5, 0.6) is 0 Å². The molecule has 1 saturated carbocycles. The number of benzene rings is 3. The van der Waals surface area contributed by atoms with Gasteiger partial charge in [0.05, 0.1) is 11.3 Å². The minimum atomic E-state index is -0.848. The number of rotatable bonds is 10. The van der Waals surface area contributed by atoms with Crippen LogP contribution in [-0.4, -0.2) is 33.7 Å². The molecule has 0 aliphatic heterocycles. The zero-order valence-electron chi connectivity index (χ0n) is 21.2. The van der Waals surface area contributed by atoms with Crippen molar-refractivity contribution in [3.8, 4) is 0 Å². The molecule has 1 aliphatic rings. The first-order valence-electron chi connectivity index (χ1n) is 13.0. The van der Waals surface area contributed by atoms with E-state index in [0.717, 1.165) is 37.7 Å². The number of nitro groups is 1. The first-order chi connectivity index (χ1) is 18.4. The third kappa shape index (κ3) is 7.25. The van der Waals surface area contributed by atoms with E-state index in [2.05, 4.69) is 5.32 Å². The van der Waals surface area contributed by atoms with Crippen LogP contribution in [-0.2, 0) is 29.0 Å². The van der Waals surface area contributed by atoms with Crippen molar-refractivity contribution in [1.82, 2.24) is 10.2 Å². The van der Waals surface area contributed by atoms with Crippen LogP contribution in [0.1, 0.15) is 48.8 Å². The van der Waals surface area contributed by atoms with Gasteiger partial charge in [-0.25, -0.2) is 4.39 Å². The van der Waals surface area contributed by atoms with Crippen LogP contribution in [0, 0.1) is 15.9 Å². The predicted molar refractivity (Wildman–Crippen MR) is 143 cm³/mol.